The minimum Gasteiger partial charge on any atom is -0.748 e. The van der Waals surface area contributed by atoms with Crippen molar-refractivity contribution in [3.8, 4) is 0 Å². The summed E-state index contributed by atoms with van der Waals surface area (Å²) in [5.74, 6) is -1.59. The zero-order valence-corrected chi connectivity index (χ0v) is 32.6. The quantitative estimate of drug-likeness (QED) is 0.0962. The van der Waals surface area contributed by atoms with E-state index in [0.29, 0.717) is 36.1 Å². The van der Waals surface area contributed by atoms with Crippen LogP contribution in [0.5, 0.6) is 0 Å². The number of amides is 2. The van der Waals surface area contributed by atoms with Crippen LogP contribution in [0.2, 0.25) is 5.02 Å². The summed E-state index contributed by atoms with van der Waals surface area (Å²) in [7, 11) is -2.89. The van der Waals surface area contributed by atoms with Crippen LogP contribution in [0, 0.1) is 0 Å². The van der Waals surface area contributed by atoms with Gasteiger partial charge in [0.05, 0.1) is 28.0 Å². The first-order valence-electron chi connectivity index (χ1n) is 16.1. The number of benzene rings is 2. The monoisotopic (exact) mass is 725 g/mol. The number of nitrogens with one attached hydrogen (secondary N) is 1. The van der Waals surface area contributed by atoms with Crippen molar-refractivity contribution >= 4 is 50.4 Å². The SMILES string of the molecule is CN(CCS(=O)(=O)[O-])C(=O)CCCCCCC(=O)OCCCc1ccc2c(c1)c(=O)c(C(=O)NCc1ccc(Cl)cc1)cn2C(C)(C)C.[Na+]. The molecule has 0 saturated heterocycles. The van der Waals surface area contributed by atoms with Crippen molar-refractivity contribution in [2.75, 3.05) is 26.0 Å². The van der Waals surface area contributed by atoms with Gasteiger partial charge in [-0.25, -0.2) is 8.42 Å². The number of aryl methyl sites for hydroxylation is 1. The van der Waals surface area contributed by atoms with E-state index in [4.69, 9.17) is 16.3 Å². The molecule has 262 valence electrons. The van der Waals surface area contributed by atoms with Gasteiger partial charge in [0, 0.05) is 55.1 Å². The molecule has 1 aromatic heterocycles. The van der Waals surface area contributed by atoms with Crippen LogP contribution in [0.1, 0.15) is 87.2 Å². The minimum absolute atomic E-state index is 0. The fraction of sp³-hybridized carbons (Fsp3) is 0.486. The number of fused-ring (bicyclic) bond motifs is 1. The van der Waals surface area contributed by atoms with Crippen LogP contribution in [-0.2, 0) is 42.9 Å². The normalized spacial score (nSPS) is 11.6. The van der Waals surface area contributed by atoms with Crippen LogP contribution in [0.15, 0.2) is 53.5 Å². The Kier molecular flexibility index (Phi) is 17.0. The summed E-state index contributed by atoms with van der Waals surface area (Å²) in [6.45, 7) is 6.38. The molecule has 3 rings (SSSR count). The Hall–Kier alpha value is -2.74. The average Bonchev–Trinajstić information content (AvgIpc) is 3.02. The fourth-order valence-corrected chi connectivity index (χ4v) is 5.75. The Labute approximate surface area is 315 Å². The van der Waals surface area contributed by atoms with Gasteiger partial charge in [0.15, 0.2) is 0 Å². The average molecular weight is 726 g/mol. The zero-order chi connectivity index (χ0) is 35.5. The van der Waals surface area contributed by atoms with Crippen LogP contribution < -0.4 is 40.3 Å². The number of hydrogen-bond donors (Lipinski definition) is 1. The van der Waals surface area contributed by atoms with E-state index < -0.39 is 27.3 Å². The van der Waals surface area contributed by atoms with Crippen molar-refractivity contribution in [1.82, 2.24) is 14.8 Å². The van der Waals surface area contributed by atoms with Crippen LogP contribution in [0.4, 0.5) is 0 Å². The maximum absolute atomic E-state index is 13.6. The Morgan fingerprint density at radius 3 is 2.22 bits per heavy atom. The Morgan fingerprint density at radius 1 is 0.959 bits per heavy atom. The van der Waals surface area contributed by atoms with Gasteiger partial charge in [0.25, 0.3) is 5.91 Å². The standard InChI is InChI=1S/C35H46ClN3O8S.Na/c1-35(2,3)39-24-29(34(43)37-23-26-13-16-27(36)17-14-26)33(42)28-22-25(15-18-30(28)39)10-9-20-47-32(41)12-8-6-5-7-11-31(40)38(4)19-21-48(44,45)46;/h13-18,22,24H,5-12,19-21,23H2,1-4H3,(H,37,43)(H,44,45,46);/q;+1/p-1. The maximum atomic E-state index is 13.6. The van der Waals surface area contributed by atoms with Gasteiger partial charge < -0.3 is 24.1 Å². The predicted molar refractivity (Wildman–Crippen MR) is 185 cm³/mol. The Morgan fingerprint density at radius 2 is 1.59 bits per heavy atom. The molecule has 0 aliphatic heterocycles. The van der Waals surface area contributed by atoms with Gasteiger partial charge in [-0.1, -0.05) is 42.6 Å². The van der Waals surface area contributed by atoms with Crippen molar-refractivity contribution in [3.05, 3.63) is 80.6 Å². The predicted octanol–water partition coefficient (Wildman–Crippen LogP) is 2.16. The van der Waals surface area contributed by atoms with E-state index in [1.54, 1.807) is 18.3 Å². The molecule has 0 atom stereocenters. The number of rotatable bonds is 17. The second-order valence-electron chi connectivity index (χ2n) is 12.9. The number of halogens is 1. The third-order valence-corrected chi connectivity index (χ3v) is 8.83. The molecule has 49 heavy (non-hydrogen) atoms. The molecule has 2 amide bonds. The molecule has 0 fully saturated rings. The molecule has 3 aromatic rings. The van der Waals surface area contributed by atoms with Crippen molar-refractivity contribution in [2.45, 2.75) is 84.2 Å². The number of hydrogen-bond acceptors (Lipinski definition) is 8. The fourth-order valence-electron chi connectivity index (χ4n) is 5.13. The zero-order valence-electron chi connectivity index (χ0n) is 29.1. The van der Waals surface area contributed by atoms with Crippen molar-refractivity contribution in [1.29, 1.82) is 0 Å². The molecular formula is C35H45ClN3NaO8S. The third-order valence-electron chi connectivity index (χ3n) is 7.90. The molecular weight excluding hydrogens is 681 g/mol. The van der Waals surface area contributed by atoms with Crippen LogP contribution in [0.25, 0.3) is 10.9 Å². The summed E-state index contributed by atoms with van der Waals surface area (Å²) < 4.78 is 39.5. The number of pyridine rings is 1. The summed E-state index contributed by atoms with van der Waals surface area (Å²) in [6.07, 6.45) is 5.97. The smallest absolute Gasteiger partial charge is 0.748 e. The summed E-state index contributed by atoms with van der Waals surface area (Å²) in [5.41, 5.74) is 1.79. The summed E-state index contributed by atoms with van der Waals surface area (Å²) >= 11 is 5.96. The van der Waals surface area contributed by atoms with Crippen LogP contribution in [-0.4, -0.2) is 66.2 Å². The third kappa shape index (κ3) is 14.2. The Balaban J connectivity index is 0.00000833. The summed E-state index contributed by atoms with van der Waals surface area (Å²) in [4.78, 5) is 52.2. The molecule has 2 aromatic carbocycles. The molecule has 11 nitrogen and oxygen atoms in total. The molecule has 0 spiro atoms. The van der Waals surface area contributed by atoms with Crippen LogP contribution in [0.3, 0.4) is 0 Å². The molecule has 1 N–H and O–H groups in total. The number of carbonyl (C=O) groups excluding carboxylic acids is 3. The van der Waals surface area contributed by atoms with E-state index in [9.17, 15) is 32.1 Å². The van der Waals surface area contributed by atoms with Gasteiger partial charge in [-0.3, -0.25) is 19.2 Å². The van der Waals surface area contributed by atoms with Gasteiger partial charge in [-0.2, -0.15) is 0 Å². The molecule has 14 heteroatoms. The van der Waals surface area contributed by atoms with E-state index in [2.05, 4.69) is 5.32 Å². The number of ether oxygens (including phenoxy) is 1. The molecule has 0 unspecified atom stereocenters. The first-order valence-corrected chi connectivity index (χ1v) is 18.1. The van der Waals surface area contributed by atoms with E-state index in [1.807, 2.05) is 55.7 Å². The number of carbonyl (C=O) groups is 3. The van der Waals surface area contributed by atoms with E-state index in [0.717, 1.165) is 29.5 Å². The van der Waals surface area contributed by atoms with Gasteiger partial charge in [-0.15, -0.1) is 0 Å². The van der Waals surface area contributed by atoms with Gasteiger partial charge in [-0.05, 0) is 81.8 Å². The summed E-state index contributed by atoms with van der Waals surface area (Å²) in [6, 6.07) is 12.8. The molecule has 0 bridgehead atoms. The second-order valence-corrected chi connectivity index (χ2v) is 14.8. The molecule has 1 heterocycles. The second kappa shape index (κ2) is 19.6. The van der Waals surface area contributed by atoms with Crippen LogP contribution >= 0.6 is 11.6 Å². The van der Waals surface area contributed by atoms with Crippen molar-refractivity contribution in [2.24, 2.45) is 0 Å². The Bertz CT molecular complexity index is 1760. The first-order chi connectivity index (χ1) is 22.5. The number of esters is 1. The van der Waals surface area contributed by atoms with Gasteiger partial charge >= 0.3 is 35.5 Å². The largest absolute Gasteiger partial charge is 1.00 e. The van der Waals surface area contributed by atoms with E-state index in [-0.39, 0.29) is 85.0 Å². The molecule has 0 radical (unpaired) electrons. The number of unbranched alkanes of at least 4 members (excludes halogenated alkanes) is 3. The summed E-state index contributed by atoms with van der Waals surface area (Å²) in [5, 5.41) is 3.89. The number of nitrogens with zero attached hydrogens (tertiary/aromatic N) is 2. The van der Waals surface area contributed by atoms with Crippen molar-refractivity contribution < 1.29 is 61.6 Å². The molecule has 0 aliphatic rings. The molecule has 0 aliphatic carbocycles. The molecule has 0 saturated carbocycles. The van der Waals surface area contributed by atoms with Gasteiger partial charge in [0.1, 0.15) is 5.56 Å². The van der Waals surface area contributed by atoms with E-state index >= 15 is 0 Å². The maximum Gasteiger partial charge on any atom is 1.00 e. The first kappa shape index (κ1) is 42.4. The topological polar surface area (TPSA) is 155 Å². The van der Waals surface area contributed by atoms with Crippen molar-refractivity contribution in [3.63, 3.8) is 0 Å². The number of aromatic nitrogens is 1. The van der Waals surface area contributed by atoms with Gasteiger partial charge in [0.2, 0.25) is 11.3 Å². The van der Waals surface area contributed by atoms with E-state index in [1.165, 1.54) is 11.9 Å². The minimum atomic E-state index is -4.36.